The number of ether oxygens (including phenoxy) is 1. The van der Waals surface area contributed by atoms with Crippen LogP contribution in [0.15, 0.2) is 47.0 Å². The lowest BCUT2D eigenvalue weighted by Crippen LogP contribution is -2.29. The highest BCUT2D eigenvalue weighted by Crippen LogP contribution is 2.25. The number of hydrogen-bond acceptors (Lipinski definition) is 6. The Balaban J connectivity index is 1.97. The molecule has 0 unspecified atom stereocenters. The van der Waals surface area contributed by atoms with E-state index in [1.807, 2.05) is 6.08 Å². The van der Waals surface area contributed by atoms with Crippen LogP contribution in [0.25, 0.3) is 10.8 Å². The standard InChI is InChI=1S/C17H19N3O4S/c1-24-17(21)16-14-3-2-4-15(13(14)7-10-19-16)25(22,23)20-11-12-5-8-18-9-6-12/h2-5,7,10,18,20H,6,8-9,11H2,1H3. The number of carbonyl (C=O) groups is 1. The smallest absolute Gasteiger partial charge is 0.357 e. The molecule has 1 aliphatic heterocycles. The minimum Gasteiger partial charge on any atom is -0.464 e. The summed E-state index contributed by atoms with van der Waals surface area (Å²) in [7, 11) is -2.46. The molecule has 2 heterocycles. The number of pyridine rings is 1. The number of sulfonamides is 1. The van der Waals surface area contributed by atoms with Crippen LogP contribution in [0, 0.1) is 0 Å². The summed E-state index contributed by atoms with van der Waals surface area (Å²) in [4.78, 5) is 16.0. The van der Waals surface area contributed by atoms with Crippen molar-refractivity contribution in [3.63, 3.8) is 0 Å². The molecule has 2 N–H and O–H groups in total. The van der Waals surface area contributed by atoms with Crippen LogP contribution < -0.4 is 10.0 Å². The number of aromatic nitrogens is 1. The summed E-state index contributed by atoms with van der Waals surface area (Å²) in [6.45, 7) is 1.87. The van der Waals surface area contributed by atoms with Gasteiger partial charge in [0.2, 0.25) is 10.0 Å². The van der Waals surface area contributed by atoms with Crippen LogP contribution in [0.5, 0.6) is 0 Å². The number of esters is 1. The summed E-state index contributed by atoms with van der Waals surface area (Å²) in [5, 5.41) is 4.06. The lowest BCUT2D eigenvalue weighted by atomic mass is 10.1. The number of hydrogen-bond donors (Lipinski definition) is 2. The van der Waals surface area contributed by atoms with Gasteiger partial charge in [-0.3, -0.25) is 0 Å². The maximum Gasteiger partial charge on any atom is 0.357 e. The summed E-state index contributed by atoms with van der Waals surface area (Å²) in [5.74, 6) is -0.604. The molecule has 0 fully saturated rings. The van der Waals surface area contributed by atoms with Gasteiger partial charge in [-0.15, -0.1) is 0 Å². The molecule has 25 heavy (non-hydrogen) atoms. The molecule has 2 aromatic rings. The van der Waals surface area contributed by atoms with Gasteiger partial charge in [0.1, 0.15) is 0 Å². The van der Waals surface area contributed by atoms with E-state index >= 15 is 0 Å². The SMILES string of the molecule is COC(=O)c1nccc2c(S(=O)(=O)NCC3=CCNCC3)cccc12. The molecule has 0 saturated carbocycles. The molecule has 1 aliphatic rings. The zero-order valence-electron chi connectivity index (χ0n) is 13.8. The van der Waals surface area contributed by atoms with Crippen LogP contribution in [-0.4, -0.2) is 46.1 Å². The van der Waals surface area contributed by atoms with Gasteiger partial charge in [0, 0.05) is 30.1 Å². The average molecular weight is 361 g/mol. The van der Waals surface area contributed by atoms with Crippen molar-refractivity contribution in [1.82, 2.24) is 15.0 Å². The number of rotatable bonds is 5. The number of benzene rings is 1. The van der Waals surface area contributed by atoms with E-state index in [2.05, 4.69) is 15.0 Å². The second-order valence-corrected chi connectivity index (χ2v) is 7.38. The van der Waals surface area contributed by atoms with Gasteiger partial charge in [-0.05, 0) is 25.1 Å². The van der Waals surface area contributed by atoms with Gasteiger partial charge in [-0.2, -0.15) is 0 Å². The molecule has 0 spiro atoms. The Morgan fingerprint density at radius 1 is 1.32 bits per heavy atom. The highest BCUT2D eigenvalue weighted by Gasteiger charge is 2.20. The molecule has 1 aromatic heterocycles. The van der Waals surface area contributed by atoms with E-state index in [4.69, 9.17) is 4.74 Å². The maximum absolute atomic E-state index is 12.7. The van der Waals surface area contributed by atoms with Gasteiger partial charge in [-0.1, -0.05) is 23.8 Å². The van der Waals surface area contributed by atoms with Crippen LogP contribution in [0.2, 0.25) is 0 Å². The Morgan fingerprint density at radius 2 is 2.16 bits per heavy atom. The zero-order chi connectivity index (χ0) is 17.9. The molecule has 7 nitrogen and oxygen atoms in total. The third-order valence-corrected chi connectivity index (χ3v) is 5.54. The average Bonchev–Trinajstić information content (AvgIpc) is 2.65. The number of methoxy groups -OCH3 is 1. The van der Waals surface area contributed by atoms with Crippen molar-refractivity contribution >= 4 is 26.8 Å². The molecule has 8 heteroatoms. The van der Waals surface area contributed by atoms with E-state index in [1.54, 1.807) is 18.2 Å². The molecule has 132 valence electrons. The summed E-state index contributed by atoms with van der Waals surface area (Å²) in [6.07, 6.45) is 4.21. The fourth-order valence-corrected chi connectivity index (χ4v) is 4.02. The molecule has 3 rings (SSSR count). The third-order valence-electron chi connectivity index (χ3n) is 4.08. The van der Waals surface area contributed by atoms with E-state index in [9.17, 15) is 13.2 Å². The monoisotopic (exact) mass is 361 g/mol. The Labute approximate surface area is 146 Å². The Hall–Kier alpha value is -2.29. The van der Waals surface area contributed by atoms with Gasteiger partial charge < -0.3 is 10.1 Å². The maximum atomic E-state index is 12.7. The molecule has 1 aromatic carbocycles. The summed E-state index contributed by atoms with van der Waals surface area (Å²) >= 11 is 0. The second kappa shape index (κ2) is 7.30. The first-order valence-corrected chi connectivity index (χ1v) is 9.35. The summed E-state index contributed by atoms with van der Waals surface area (Å²) in [6, 6.07) is 6.35. The first-order chi connectivity index (χ1) is 12.0. The van der Waals surface area contributed by atoms with Gasteiger partial charge in [0.15, 0.2) is 5.69 Å². The molecular weight excluding hydrogens is 342 g/mol. The van der Waals surface area contributed by atoms with E-state index in [1.165, 1.54) is 19.4 Å². The quantitative estimate of drug-likeness (QED) is 0.614. The summed E-state index contributed by atoms with van der Waals surface area (Å²) in [5.41, 5.74) is 1.15. The molecule has 0 atom stereocenters. The zero-order valence-corrected chi connectivity index (χ0v) is 14.6. The van der Waals surface area contributed by atoms with Gasteiger partial charge in [0.05, 0.1) is 12.0 Å². The van der Waals surface area contributed by atoms with Crippen molar-refractivity contribution < 1.29 is 17.9 Å². The lowest BCUT2D eigenvalue weighted by Gasteiger charge is -2.15. The van der Waals surface area contributed by atoms with Crippen LogP contribution in [0.3, 0.4) is 0 Å². The molecule has 0 amide bonds. The highest BCUT2D eigenvalue weighted by molar-refractivity contribution is 7.89. The highest BCUT2D eigenvalue weighted by atomic mass is 32.2. The second-order valence-electron chi connectivity index (χ2n) is 5.64. The summed E-state index contributed by atoms with van der Waals surface area (Å²) < 4.78 is 32.9. The third kappa shape index (κ3) is 3.71. The minimum atomic E-state index is -3.73. The molecule has 0 aliphatic carbocycles. The van der Waals surface area contributed by atoms with Crippen molar-refractivity contribution in [2.75, 3.05) is 26.7 Å². The molecular formula is C17H19N3O4S. The lowest BCUT2D eigenvalue weighted by molar-refractivity contribution is 0.0596. The van der Waals surface area contributed by atoms with E-state index in [0.717, 1.165) is 25.1 Å². The van der Waals surface area contributed by atoms with Gasteiger partial charge in [0.25, 0.3) is 0 Å². The van der Waals surface area contributed by atoms with Gasteiger partial charge in [-0.25, -0.2) is 22.9 Å². The molecule has 0 bridgehead atoms. The minimum absolute atomic E-state index is 0.0955. The largest absolute Gasteiger partial charge is 0.464 e. The Bertz CT molecular complexity index is 938. The fraction of sp³-hybridized carbons (Fsp3) is 0.294. The van der Waals surface area contributed by atoms with E-state index in [-0.39, 0.29) is 17.1 Å². The number of fused-ring (bicyclic) bond motifs is 1. The topological polar surface area (TPSA) is 97.4 Å². The molecule has 0 radical (unpaired) electrons. The number of nitrogens with zero attached hydrogens (tertiary/aromatic N) is 1. The Morgan fingerprint density at radius 3 is 2.88 bits per heavy atom. The number of carbonyl (C=O) groups excluding carboxylic acids is 1. The van der Waals surface area contributed by atoms with E-state index in [0.29, 0.717) is 10.8 Å². The molecule has 0 saturated heterocycles. The predicted octanol–water partition coefficient (Wildman–Crippen LogP) is 1.22. The van der Waals surface area contributed by atoms with Crippen molar-refractivity contribution in [2.24, 2.45) is 0 Å². The van der Waals surface area contributed by atoms with Crippen molar-refractivity contribution in [1.29, 1.82) is 0 Å². The van der Waals surface area contributed by atoms with Crippen LogP contribution in [-0.2, 0) is 14.8 Å². The van der Waals surface area contributed by atoms with Crippen molar-refractivity contribution in [3.8, 4) is 0 Å². The van der Waals surface area contributed by atoms with Crippen LogP contribution in [0.1, 0.15) is 16.9 Å². The number of nitrogens with one attached hydrogen (secondary N) is 2. The predicted molar refractivity (Wildman–Crippen MR) is 93.8 cm³/mol. The van der Waals surface area contributed by atoms with Crippen molar-refractivity contribution in [3.05, 3.63) is 47.8 Å². The van der Waals surface area contributed by atoms with E-state index < -0.39 is 16.0 Å². The van der Waals surface area contributed by atoms with Gasteiger partial charge >= 0.3 is 5.97 Å². The van der Waals surface area contributed by atoms with Crippen LogP contribution in [0.4, 0.5) is 0 Å². The fourth-order valence-electron chi connectivity index (χ4n) is 2.77. The van der Waals surface area contributed by atoms with Crippen LogP contribution >= 0.6 is 0 Å². The normalized spacial score (nSPS) is 15.0. The Kier molecular flexibility index (Phi) is 5.12. The first kappa shape index (κ1) is 17.5. The van der Waals surface area contributed by atoms with Crippen molar-refractivity contribution in [2.45, 2.75) is 11.3 Å². The first-order valence-electron chi connectivity index (χ1n) is 7.87.